The monoisotopic (exact) mass is 344 g/mol. The molecular weight excluding hydrogens is 312 g/mol. The van der Waals surface area contributed by atoms with E-state index in [9.17, 15) is 4.79 Å². The predicted molar refractivity (Wildman–Crippen MR) is 99.6 cm³/mol. The van der Waals surface area contributed by atoms with E-state index < -0.39 is 0 Å². The van der Waals surface area contributed by atoms with Crippen LogP contribution in [0.1, 0.15) is 58.4 Å². The number of hydrogen-bond donors (Lipinski definition) is 0. The normalized spacial score (nSPS) is 34.2. The summed E-state index contributed by atoms with van der Waals surface area (Å²) in [4.78, 5) is 11.6. The van der Waals surface area contributed by atoms with Gasteiger partial charge in [0.15, 0.2) is 0 Å². The van der Waals surface area contributed by atoms with Gasteiger partial charge >= 0.3 is 0 Å². The van der Waals surface area contributed by atoms with Crippen LogP contribution in [-0.2, 0) is 16.1 Å². The van der Waals surface area contributed by atoms with Gasteiger partial charge in [-0.1, -0.05) is 39.3 Å². The highest BCUT2D eigenvalue weighted by Crippen LogP contribution is 2.60. The summed E-state index contributed by atoms with van der Waals surface area (Å²) in [6.45, 7) is 7.68. The van der Waals surface area contributed by atoms with Gasteiger partial charge in [-0.05, 0) is 60.1 Å². The summed E-state index contributed by atoms with van der Waals surface area (Å²) in [5.74, 6) is 1.64. The molecule has 25 heavy (non-hydrogen) atoms. The van der Waals surface area contributed by atoms with E-state index in [4.69, 9.17) is 9.47 Å². The second kappa shape index (κ2) is 7.11. The van der Waals surface area contributed by atoms with Gasteiger partial charge in [0.1, 0.15) is 12.0 Å². The first-order valence-corrected chi connectivity index (χ1v) is 9.61. The third kappa shape index (κ3) is 3.36. The van der Waals surface area contributed by atoms with Gasteiger partial charge in [0.05, 0.1) is 19.8 Å². The first kappa shape index (κ1) is 18.4. The fourth-order valence-corrected chi connectivity index (χ4v) is 5.52. The second-order valence-corrected chi connectivity index (χ2v) is 8.74. The zero-order valence-corrected chi connectivity index (χ0v) is 16.1. The molecule has 2 aliphatic rings. The van der Waals surface area contributed by atoms with E-state index in [-0.39, 0.29) is 22.9 Å². The second-order valence-electron chi connectivity index (χ2n) is 8.74. The Hall–Kier alpha value is -1.35. The van der Waals surface area contributed by atoms with Gasteiger partial charge in [-0.25, -0.2) is 0 Å². The molecule has 2 fully saturated rings. The van der Waals surface area contributed by atoms with Gasteiger partial charge in [-0.3, -0.25) is 0 Å². The zero-order chi connectivity index (χ0) is 18.1. The largest absolute Gasteiger partial charge is 0.497 e. The fraction of sp³-hybridized carbons (Fsp3) is 0.682. The van der Waals surface area contributed by atoms with E-state index in [1.54, 1.807) is 7.11 Å². The summed E-state index contributed by atoms with van der Waals surface area (Å²) >= 11 is 0. The molecule has 0 N–H and O–H groups in total. The van der Waals surface area contributed by atoms with Crippen LogP contribution in [0.25, 0.3) is 0 Å². The molecule has 1 unspecified atom stereocenters. The molecule has 4 atom stereocenters. The fourth-order valence-electron chi connectivity index (χ4n) is 5.52. The van der Waals surface area contributed by atoms with E-state index in [0.29, 0.717) is 12.5 Å². The molecule has 0 radical (unpaired) electrons. The number of aldehydes is 1. The number of carbonyl (C=O) groups is 1. The number of ether oxygens (including phenoxy) is 2. The lowest BCUT2D eigenvalue weighted by molar-refractivity contribution is -0.163. The van der Waals surface area contributed by atoms with E-state index in [2.05, 4.69) is 32.9 Å². The SMILES string of the molecule is COc1ccc(CO[C@H]2CC[C@@]3(C)C(CCC[C@@H]3C=O)C2(C)C)cc1. The number of methoxy groups -OCH3 is 1. The molecule has 3 heteroatoms. The minimum Gasteiger partial charge on any atom is -0.497 e. The Bertz CT molecular complexity index is 592. The lowest BCUT2D eigenvalue weighted by Crippen LogP contribution is -2.55. The van der Waals surface area contributed by atoms with Gasteiger partial charge in [0.2, 0.25) is 0 Å². The smallest absolute Gasteiger partial charge is 0.123 e. The van der Waals surface area contributed by atoms with E-state index in [1.807, 2.05) is 12.1 Å². The lowest BCUT2D eigenvalue weighted by Gasteiger charge is -2.58. The Labute approximate surface area is 152 Å². The molecular formula is C22H32O3. The summed E-state index contributed by atoms with van der Waals surface area (Å²) in [6, 6.07) is 8.11. The quantitative estimate of drug-likeness (QED) is 0.703. The van der Waals surface area contributed by atoms with Crippen molar-refractivity contribution in [3.63, 3.8) is 0 Å². The number of hydrogen-bond acceptors (Lipinski definition) is 3. The summed E-state index contributed by atoms with van der Waals surface area (Å²) in [6.07, 6.45) is 7.05. The van der Waals surface area contributed by atoms with Crippen molar-refractivity contribution in [2.75, 3.05) is 7.11 Å². The number of rotatable bonds is 5. The minimum atomic E-state index is 0.0984. The van der Waals surface area contributed by atoms with Gasteiger partial charge in [-0.15, -0.1) is 0 Å². The molecule has 1 aromatic rings. The van der Waals surface area contributed by atoms with Crippen LogP contribution in [0.4, 0.5) is 0 Å². The van der Waals surface area contributed by atoms with Gasteiger partial charge in [0, 0.05) is 5.92 Å². The van der Waals surface area contributed by atoms with Crippen molar-refractivity contribution in [2.45, 2.75) is 65.6 Å². The van der Waals surface area contributed by atoms with Gasteiger partial charge < -0.3 is 14.3 Å². The van der Waals surface area contributed by atoms with Crippen molar-refractivity contribution in [3.8, 4) is 5.75 Å². The molecule has 3 rings (SSSR count). The van der Waals surface area contributed by atoms with Crippen LogP contribution in [0.5, 0.6) is 5.75 Å². The lowest BCUT2D eigenvalue weighted by atomic mass is 9.48. The third-order valence-corrected chi connectivity index (χ3v) is 7.10. The Morgan fingerprint density at radius 3 is 2.48 bits per heavy atom. The van der Waals surface area contributed by atoms with E-state index >= 15 is 0 Å². The molecule has 0 spiro atoms. The van der Waals surface area contributed by atoms with E-state index in [1.165, 1.54) is 18.3 Å². The van der Waals surface area contributed by atoms with Gasteiger partial charge in [-0.2, -0.15) is 0 Å². The van der Waals surface area contributed by atoms with Crippen LogP contribution in [0, 0.1) is 22.7 Å². The Morgan fingerprint density at radius 2 is 1.84 bits per heavy atom. The van der Waals surface area contributed by atoms with E-state index in [0.717, 1.165) is 31.4 Å². The maximum Gasteiger partial charge on any atom is 0.123 e. The highest BCUT2D eigenvalue weighted by Gasteiger charge is 2.55. The highest BCUT2D eigenvalue weighted by molar-refractivity contribution is 5.55. The zero-order valence-electron chi connectivity index (χ0n) is 16.1. The summed E-state index contributed by atoms with van der Waals surface area (Å²) in [7, 11) is 1.68. The first-order chi connectivity index (χ1) is 11.9. The average molecular weight is 344 g/mol. The summed E-state index contributed by atoms with van der Waals surface area (Å²) in [5, 5.41) is 0. The highest BCUT2D eigenvalue weighted by atomic mass is 16.5. The summed E-state index contributed by atoms with van der Waals surface area (Å²) in [5.41, 5.74) is 1.42. The topological polar surface area (TPSA) is 35.5 Å². The molecule has 0 amide bonds. The van der Waals surface area contributed by atoms with Crippen molar-refractivity contribution in [1.82, 2.24) is 0 Å². The van der Waals surface area contributed by atoms with Crippen LogP contribution in [-0.4, -0.2) is 19.5 Å². The maximum atomic E-state index is 11.6. The first-order valence-electron chi connectivity index (χ1n) is 9.61. The van der Waals surface area contributed by atoms with Gasteiger partial charge in [0.25, 0.3) is 0 Å². The van der Waals surface area contributed by atoms with Crippen molar-refractivity contribution in [2.24, 2.45) is 22.7 Å². The molecule has 0 heterocycles. The summed E-state index contributed by atoms with van der Waals surface area (Å²) < 4.78 is 11.6. The van der Waals surface area contributed by atoms with Crippen molar-refractivity contribution < 1.29 is 14.3 Å². The molecule has 3 nitrogen and oxygen atoms in total. The Kier molecular flexibility index (Phi) is 5.24. The van der Waals surface area contributed by atoms with Crippen LogP contribution in [0.15, 0.2) is 24.3 Å². The van der Waals surface area contributed by atoms with Crippen LogP contribution >= 0.6 is 0 Å². The molecule has 2 saturated carbocycles. The van der Waals surface area contributed by atoms with Crippen LogP contribution in [0.3, 0.4) is 0 Å². The molecule has 1 aromatic carbocycles. The predicted octanol–water partition coefficient (Wildman–Crippen LogP) is 5.02. The third-order valence-electron chi connectivity index (χ3n) is 7.10. The molecule has 2 aliphatic carbocycles. The number of carbonyl (C=O) groups excluding carboxylic acids is 1. The molecule has 138 valence electrons. The average Bonchev–Trinajstić information content (AvgIpc) is 2.61. The maximum absolute atomic E-state index is 11.6. The van der Waals surface area contributed by atoms with Crippen molar-refractivity contribution >= 4 is 6.29 Å². The Balaban J connectivity index is 1.70. The minimum absolute atomic E-state index is 0.0984. The standard InChI is InChI=1S/C22H32O3/c1-21(2)19-7-5-6-17(14-23)22(19,3)13-12-20(21)25-15-16-8-10-18(24-4)11-9-16/h8-11,14,17,19-20H,5-7,12-13,15H2,1-4H3/t17-,19?,20+,22-/m1/s1. The molecule has 0 saturated heterocycles. The molecule has 0 aromatic heterocycles. The van der Waals surface area contributed by atoms with Crippen LogP contribution < -0.4 is 4.74 Å². The number of fused-ring (bicyclic) bond motifs is 1. The van der Waals surface area contributed by atoms with Crippen molar-refractivity contribution in [1.29, 1.82) is 0 Å². The molecule has 0 bridgehead atoms. The number of benzene rings is 1. The Morgan fingerprint density at radius 1 is 1.12 bits per heavy atom. The van der Waals surface area contributed by atoms with Crippen molar-refractivity contribution in [3.05, 3.63) is 29.8 Å². The molecule has 0 aliphatic heterocycles. The van der Waals surface area contributed by atoms with Crippen LogP contribution in [0.2, 0.25) is 0 Å².